The summed E-state index contributed by atoms with van der Waals surface area (Å²) in [5.74, 6) is 1.18. The van der Waals surface area contributed by atoms with Gasteiger partial charge in [-0.25, -0.2) is 0 Å². The molecule has 2 atom stereocenters. The van der Waals surface area contributed by atoms with Crippen LogP contribution in [-0.2, 0) is 10.3 Å². The maximum atomic E-state index is 6.39. The van der Waals surface area contributed by atoms with Crippen LogP contribution < -0.4 is 5.32 Å². The van der Waals surface area contributed by atoms with Crippen molar-refractivity contribution in [2.75, 3.05) is 13.7 Å². The number of ether oxygens (including phenoxy) is 1. The van der Waals surface area contributed by atoms with Crippen LogP contribution in [0.4, 0.5) is 0 Å². The smallest absolute Gasteiger partial charge is 0.122 e. The van der Waals surface area contributed by atoms with Crippen molar-refractivity contribution in [2.24, 2.45) is 11.8 Å². The first-order chi connectivity index (χ1) is 12.7. The van der Waals surface area contributed by atoms with E-state index >= 15 is 0 Å². The molecular formula is C24H33NO. The van der Waals surface area contributed by atoms with E-state index in [1.54, 1.807) is 0 Å². The van der Waals surface area contributed by atoms with Gasteiger partial charge in [-0.15, -0.1) is 0 Å². The van der Waals surface area contributed by atoms with E-state index < -0.39 is 5.60 Å². The zero-order chi connectivity index (χ0) is 18.4. The highest BCUT2D eigenvalue weighted by atomic mass is 16.5. The predicted octanol–water partition coefficient (Wildman–Crippen LogP) is 5.38. The van der Waals surface area contributed by atoms with E-state index in [1.807, 2.05) is 7.11 Å². The third kappa shape index (κ3) is 3.72. The number of methoxy groups -OCH3 is 1. The average molecular weight is 352 g/mol. The Bertz CT molecular complexity index is 611. The third-order valence-electron chi connectivity index (χ3n) is 6.25. The van der Waals surface area contributed by atoms with Crippen molar-refractivity contribution in [1.29, 1.82) is 0 Å². The number of hydrogen-bond donors (Lipinski definition) is 1. The van der Waals surface area contributed by atoms with Gasteiger partial charge in [0.25, 0.3) is 0 Å². The van der Waals surface area contributed by atoms with E-state index in [2.05, 4.69) is 79.8 Å². The van der Waals surface area contributed by atoms with Crippen molar-refractivity contribution in [3.63, 3.8) is 0 Å². The van der Waals surface area contributed by atoms with Gasteiger partial charge in [0.15, 0.2) is 0 Å². The van der Waals surface area contributed by atoms with Gasteiger partial charge in [0, 0.05) is 19.1 Å². The van der Waals surface area contributed by atoms with Gasteiger partial charge in [-0.1, -0.05) is 93.8 Å². The Hall–Kier alpha value is -1.64. The monoisotopic (exact) mass is 351 g/mol. The SMILES string of the molecule is CCNC(CC1CCC1)C(C)C(OC)(c1ccccc1)c1ccccc1. The highest BCUT2D eigenvalue weighted by Crippen LogP contribution is 2.44. The largest absolute Gasteiger partial charge is 0.368 e. The van der Waals surface area contributed by atoms with Crippen LogP contribution in [0.25, 0.3) is 0 Å². The van der Waals surface area contributed by atoms with Gasteiger partial charge < -0.3 is 10.1 Å². The molecule has 3 rings (SSSR count). The van der Waals surface area contributed by atoms with E-state index in [1.165, 1.54) is 36.8 Å². The fraction of sp³-hybridized carbons (Fsp3) is 0.500. The van der Waals surface area contributed by atoms with Gasteiger partial charge in [-0.3, -0.25) is 0 Å². The summed E-state index contributed by atoms with van der Waals surface area (Å²) in [6.45, 7) is 5.56. The number of rotatable bonds is 9. The van der Waals surface area contributed by atoms with Gasteiger partial charge in [0.2, 0.25) is 0 Å². The van der Waals surface area contributed by atoms with Gasteiger partial charge in [0.05, 0.1) is 0 Å². The summed E-state index contributed by atoms with van der Waals surface area (Å²) in [6.07, 6.45) is 5.39. The summed E-state index contributed by atoms with van der Waals surface area (Å²) in [6, 6.07) is 21.9. The first-order valence-electron chi connectivity index (χ1n) is 10.1. The highest BCUT2D eigenvalue weighted by molar-refractivity contribution is 5.38. The summed E-state index contributed by atoms with van der Waals surface area (Å²) >= 11 is 0. The van der Waals surface area contributed by atoms with Gasteiger partial charge in [0.1, 0.15) is 5.60 Å². The summed E-state index contributed by atoms with van der Waals surface area (Å²) in [7, 11) is 1.86. The Kier molecular flexibility index (Phi) is 6.50. The molecule has 0 bridgehead atoms. The lowest BCUT2D eigenvalue weighted by Crippen LogP contribution is -2.49. The molecule has 0 radical (unpaired) electrons. The van der Waals surface area contributed by atoms with Crippen molar-refractivity contribution in [3.05, 3.63) is 71.8 Å². The van der Waals surface area contributed by atoms with E-state index in [-0.39, 0.29) is 0 Å². The lowest BCUT2D eigenvalue weighted by Gasteiger charge is -2.44. The number of nitrogens with one attached hydrogen (secondary N) is 1. The molecule has 1 aliphatic carbocycles. The molecule has 0 spiro atoms. The molecule has 140 valence electrons. The van der Waals surface area contributed by atoms with Crippen LogP contribution in [0.1, 0.15) is 50.7 Å². The van der Waals surface area contributed by atoms with E-state index in [9.17, 15) is 0 Å². The Labute approximate surface area is 159 Å². The van der Waals surface area contributed by atoms with Gasteiger partial charge in [-0.2, -0.15) is 0 Å². The van der Waals surface area contributed by atoms with Crippen LogP contribution in [0.2, 0.25) is 0 Å². The molecule has 1 N–H and O–H groups in total. The van der Waals surface area contributed by atoms with Gasteiger partial charge in [-0.05, 0) is 30.0 Å². The van der Waals surface area contributed by atoms with Crippen LogP contribution in [0, 0.1) is 11.8 Å². The first kappa shape index (κ1) is 19.1. The Morgan fingerprint density at radius 2 is 1.54 bits per heavy atom. The van der Waals surface area contributed by atoms with Crippen molar-refractivity contribution >= 4 is 0 Å². The van der Waals surface area contributed by atoms with Crippen LogP contribution in [-0.4, -0.2) is 19.7 Å². The molecule has 26 heavy (non-hydrogen) atoms. The highest BCUT2D eigenvalue weighted by Gasteiger charge is 2.44. The fourth-order valence-electron chi connectivity index (χ4n) is 4.58. The van der Waals surface area contributed by atoms with Crippen molar-refractivity contribution in [3.8, 4) is 0 Å². The zero-order valence-electron chi connectivity index (χ0n) is 16.4. The first-order valence-corrected chi connectivity index (χ1v) is 10.1. The molecule has 2 aromatic carbocycles. The Morgan fingerprint density at radius 3 is 1.92 bits per heavy atom. The van der Waals surface area contributed by atoms with E-state index in [0.29, 0.717) is 12.0 Å². The molecule has 2 unspecified atom stereocenters. The fourth-order valence-corrected chi connectivity index (χ4v) is 4.58. The molecule has 0 heterocycles. The molecule has 2 nitrogen and oxygen atoms in total. The maximum Gasteiger partial charge on any atom is 0.122 e. The van der Waals surface area contributed by atoms with Crippen LogP contribution >= 0.6 is 0 Å². The molecular weight excluding hydrogens is 318 g/mol. The Morgan fingerprint density at radius 1 is 1.00 bits per heavy atom. The number of benzene rings is 2. The second-order valence-electron chi connectivity index (χ2n) is 7.66. The van der Waals surface area contributed by atoms with Crippen molar-refractivity contribution in [2.45, 2.75) is 51.2 Å². The summed E-state index contributed by atoms with van der Waals surface area (Å²) in [5, 5.41) is 3.78. The molecule has 0 amide bonds. The predicted molar refractivity (Wildman–Crippen MR) is 109 cm³/mol. The minimum absolute atomic E-state index is 0.317. The summed E-state index contributed by atoms with van der Waals surface area (Å²) in [5.41, 5.74) is 2.02. The molecule has 0 aliphatic heterocycles. The normalized spacial score (nSPS) is 17.5. The lowest BCUT2D eigenvalue weighted by atomic mass is 9.70. The standard InChI is InChI=1S/C24H33NO/c1-4-25-23(18-20-12-11-13-20)19(2)24(26-3,21-14-7-5-8-15-21)22-16-9-6-10-17-22/h5-10,14-17,19-20,23,25H,4,11-13,18H2,1-3H3. The van der Waals surface area contributed by atoms with Crippen molar-refractivity contribution < 1.29 is 4.74 Å². The second-order valence-corrected chi connectivity index (χ2v) is 7.66. The molecule has 0 saturated heterocycles. The van der Waals surface area contributed by atoms with Crippen molar-refractivity contribution in [1.82, 2.24) is 5.32 Å². The van der Waals surface area contributed by atoms with Crippen LogP contribution in [0.15, 0.2) is 60.7 Å². The zero-order valence-corrected chi connectivity index (χ0v) is 16.4. The summed E-state index contributed by atoms with van der Waals surface area (Å²) in [4.78, 5) is 0. The minimum atomic E-state index is -0.445. The topological polar surface area (TPSA) is 21.3 Å². The minimum Gasteiger partial charge on any atom is -0.368 e. The maximum absolute atomic E-state index is 6.39. The number of hydrogen-bond acceptors (Lipinski definition) is 2. The van der Waals surface area contributed by atoms with E-state index in [0.717, 1.165) is 12.5 Å². The molecule has 2 aromatic rings. The summed E-state index contributed by atoms with van der Waals surface area (Å²) < 4.78 is 6.39. The Balaban J connectivity index is 2.03. The second kappa shape index (κ2) is 8.83. The van der Waals surface area contributed by atoms with Gasteiger partial charge >= 0.3 is 0 Å². The molecule has 1 saturated carbocycles. The lowest BCUT2D eigenvalue weighted by molar-refractivity contribution is -0.0400. The third-order valence-corrected chi connectivity index (χ3v) is 6.25. The molecule has 0 aromatic heterocycles. The molecule has 2 heteroatoms. The molecule has 1 aliphatic rings. The van der Waals surface area contributed by atoms with Crippen LogP contribution in [0.5, 0.6) is 0 Å². The van der Waals surface area contributed by atoms with E-state index in [4.69, 9.17) is 4.74 Å². The molecule has 1 fully saturated rings. The van der Waals surface area contributed by atoms with Crippen LogP contribution in [0.3, 0.4) is 0 Å². The average Bonchev–Trinajstić information content (AvgIpc) is 2.66. The quantitative estimate of drug-likeness (QED) is 0.655.